The van der Waals surface area contributed by atoms with E-state index in [1.807, 2.05) is 0 Å². The van der Waals surface area contributed by atoms with E-state index in [4.69, 9.17) is 2.79 Å². The van der Waals surface area contributed by atoms with E-state index >= 15 is 0 Å². The van der Waals surface area contributed by atoms with Gasteiger partial charge >= 0.3 is 325 Å². The van der Waals surface area contributed by atoms with Crippen molar-refractivity contribution >= 4 is 47.0 Å². The van der Waals surface area contributed by atoms with E-state index in [1.54, 1.807) is 17.6 Å². The molecule has 0 amide bonds. The number of hydrogen-bond acceptors (Lipinski definition) is 1. The Morgan fingerprint density at radius 1 is 0.275 bits per heavy atom. The Labute approximate surface area is 323 Å². The van der Waals surface area contributed by atoms with Crippen LogP contribution in [0.1, 0.15) is 203 Å². The fraction of sp³-hybridized carbons (Fsp3) is 0.500. The Morgan fingerprint density at radius 2 is 0.412 bits per heavy atom. The second kappa shape index (κ2) is 17.8. The van der Waals surface area contributed by atoms with Gasteiger partial charge in [-0.1, -0.05) is 0 Å². The van der Waals surface area contributed by atoms with Crippen molar-refractivity contribution in [2.24, 2.45) is 0 Å². The van der Waals surface area contributed by atoms with E-state index < -0.39 is 29.4 Å². The Kier molecular flexibility index (Phi) is 14.6. The van der Waals surface area contributed by atoms with Crippen molar-refractivity contribution in [3.05, 3.63) is 117 Å². The van der Waals surface area contributed by atoms with Crippen LogP contribution in [0.25, 0.3) is 0 Å². The van der Waals surface area contributed by atoms with E-state index in [-0.39, 0.29) is 0 Å². The van der Waals surface area contributed by atoms with Crippen LogP contribution < -0.4 is 17.6 Å². The third-order valence-corrected chi connectivity index (χ3v) is 24.6. The summed E-state index contributed by atoms with van der Waals surface area (Å²) >= 11 is -5.60. The first kappa shape index (κ1) is 41.7. The molecular formula is C48H68Ge2O. The Morgan fingerprint density at radius 3 is 0.529 bits per heavy atom. The molecular weight excluding hydrogens is 738 g/mol. The van der Waals surface area contributed by atoms with Gasteiger partial charge in [0, 0.05) is 0 Å². The molecule has 51 heavy (non-hydrogen) atoms. The van der Waals surface area contributed by atoms with Gasteiger partial charge in [-0.05, 0) is 0 Å². The quantitative estimate of drug-likeness (QED) is 0.115. The number of benzene rings is 4. The van der Waals surface area contributed by atoms with Gasteiger partial charge in [0.05, 0.1) is 0 Å². The van der Waals surface area contributed by atoms with Crippen LogP contribution in [0.15, 0.2) is 72.8 Å². The summed E-state index contributed by atoms with van der Waals surface area (Å²) in [5.41, 5.74) is 11.9. The van der Waals surface area contributed by atoms with Crippen LogP contribution in [0.3, 0.4) is 0 Å². The minimum absolute atomic E-state index is 0.408. The van der Waals surface area contributed by atoms with Crippen molar-refractivity contribution < 1.29 is 2.79 Å². The van der Waals surface area contributed by atoms with Crippen molar-refractivity contribution in [2.75, 3.05) is 0 Å². The van der Waals surface area contributed by atoms with E-state index in [9.17, 15) is 0 Å². The molecule has 0 aliphatic carbocycles. The zero-order valence-electron chi connectivity index (χ0n) is 35.0. The molecule has 0 saturated heterocycles. The van der Waals surface area contributed by atoms with E-state index in [2.05, 4.69) is 184 Å². The van der Waals surface area contributed by atoms with Gasteiger partial charge in [-0.15, -0.1) is 0 Å². The van der Waals surface area contributed by atoms with Gasteiger partial charge in [-0.3, -0.25) is 0 Å². The third-order valence-electron chi connectivity index (χ3n) is 10.6. The van der Waals surface area contributed by atoms with Crippen molar-refractivity contribution in [3.8, 4) is 0 Å². The molecule has 4 rings (SSSR count). The summed E-state index contributed by atoms with van der Waals surface area (Å²) in [4.78, 5) is 0. The first-order chi connectivity index (χ1) is 24.0. The molecule has 0 aliphatic heterocycles. The molecule has 0 spiro atoms. The molecule has 3 heteroatoms. The van der Waals surface area contributed by atoms with Crippen LogP contribution in [0.2, 0.25) is 0 Å². The van der Waals surface area contributed by atoms with E-state index in [0.717, 1.165) is 0 Å². The van der Waals surface area contributed by atoms with E-state index in [1.165, 1.54) is 44.5 Å². The van der Waals surface area contributed by atoms with Crippen LogP contribution in [-0.2, 0) is 2.79 Å². The summed E-state index contributed by atoms with van der Waals surface area (Å²) in [5.74, 6) is 3.26. The van der Waals surface area contributed by atoms with Crippen molar-refractivity contribution in [1.82, 2.24) is 0 Å². The van der Waals surface area contributed by atoms with Gasteiger partial charge < -0.3 is 0 Å². The maximum absolute atomic E-state index is 8.65. The standard InChI is InChI=1S/C48H68Ge2O/c1-29(2)37-21-17-22-38(30(3)4)45(37)49(46-39(31(5)6)23-18-24-40(46)32(7)8)51-50(47-41(33(9)10)25-19-26-42(47)34(11)12)48-43(35(13)14)27-20-28-44(48)36(15)16/h17-36H,1-16H3. The molecule has 2 radical (unpaired) electrons. The molecule has 0 bridgehead atoms. The maximum atomic E-state index is 8.65. The molecule has 0 aromatic heterocycles. The van der Waals surface area contributed by atoms with Gasteiger partial charge in [0.15, 0.2) is 0 Å². The molecule has 0 saturated carbocycles. The van der Waals surface area contributed by atoms with Crippen LogP contribution >= 0.6 is 0 Å². The molecule has 0 aliphatic rings. The summed E-state index contributed by atoms with van der Waals surface area (Å²) in [6.45, 7) is 38.3. The molecule has 4 aromatic rings. The fourth-order valence-electron chi connectivity index (χ4n) is 7.81. The van der Waals surface area contributed by atoms with Crippen molar-refractivity contribution in [1.29, 1.82) is 0 Å². The third kappa shape index (κ3) is 9.01. The van der Waals surface area contributed by atoms with Gasteiger partial charge in [0.1, 0.15) is 0 Å². The Bertz CT molecular complexity index is 1400. The van der Waals surface area contributed by atoms with Crippen molar-refractivity contribution in [3.63, 3.8) is 0 Å². The van der Waals surface area contributed by atoms with Crippen LogP contribution in [0.5, 0.6) is 0 Å². The fourth-order valence-corrected chi connectivity index (χ4v) is 27.5. The predicted octanol–water partition coefficient (Wildman–Crippen LogP) is 11.6. The van der Waals surface area contributed by atoms with Gasteiger partial charge in [-0.25, -0.2) is 0 Å². The molecule has 0 N–H and O–H groups in total. The Hall–Kier alpha value is -2.07. The van der Waals surface area contributed by atoms with Crippen molar-refractivity contribution in [2.45, 2.75) is 158 Å². The van der Waals surface area contributed by atoms with Crippen LogP contribution in [0, 0.1) is 0 Å². The monoisotopic (exact) mass is 808 g/mol. The first-order valence-electron chi connectivity index (χ1n) is 19.9. The topological polar surface area (TPSA) is 9.23 Å². The summed E-state index contributed by atoms with van der Waals surface area (Å²) < 4.78 is 14.9. The average Bonchev–Trinajstić information content (AvgIpc) is 3.07. The zero-order chi connectivity index (χ0) is 37.9. The number of hydrogen-bond donors (Lipinski definition) is 0. The van der Waals surface area contributed by atoms with Gasteiger partial charge in [-0.2, -0.15) is 0 Å². The molecule has 0 fully saturated rings. The predicted molar refractivity (Wildman–Crippen MR) is 230 cm³/mol. The van der Waals surface area contributed by atoms with Gasteiger partial charge in [0.2, 0.25) is 0 Å². The summed E-state index contributed by atoms with van der Waals surface area (Å²) in [5, 5.41) is 0. The first-order valence-corrected chi connectivity index (χ1v) is 25.8. The second-order valence-electron chi connectivity index (χ2n) is 17.2. The molecule has 0 unspecified atom stereocenters. The molecule has 0 heterocycles. The average molecular weight is 806 g/mol. The van der Waals surface area contributed by atoms with E-state index in [0.29, 0.717) is 47.3 Å². The Balaban J connectivity index is 2.32. The summed E-state index contributed by atoms with van der Waals surface area (Å²) in [6.07, 6.45) is 0. The summed E-state index contributed by atoms with van der Waals surface area (Å²) in [6, 6.07) is 28.7. The SMILES string of the molecule is CC(C)c1cccc(C(C)C)[c]1[Ge]([O][Ge]([c]1c(C(C)C)cccc1C(C)C)[c]1c(C(C)C)cccc1C(C)C)[c]1c(C(C)C)cccc1C(C)C. The van der Waals surface area contributed by atoms with Crippen LogP contribution in [0.4, 0.5) is 0 Å². The normalized spacial score (nSPS) is 12.6. The minimum atomic E-state index is -2.80. The molecule has 0 atom stereocenters. The number of rotatable bonds is 14. The molecule has 1 nitrogen and oxygen atoms in total. The second-order valence-corrected chi connectivity index (χ2v) is 26.9. The van der Waals surface area contributed by atoms with Gasteiger partial charge in [0.25, 0.3) is 0 Å². The molecule has 4 aromatic carbocycles. The molecule has 274 valence electrons. The van der Waals surface area contributed by atoms with Crippen LogP contribution in [-0.4, -0.2) is 29.4 Å². The summed E-state index contributed by atoms with van der Waals surface area (Å²) in [7, 11) is 0. The zero-order valence-corrected chi connectivity index (χ0v) is 39.2.